The molecule has 0 saturated carbocycles. The van der Waals surface area contributed by atoms with Crippen molar-refractivity contribution in [2.75, 3.05) is 19.6 Å². The lowest BCUT2D eigenvalue weighted by Gasteiger charge is -2.30. The van der Waals surface area contributed by atoms with Gasteiger partial charge in [0.05, 0.1) is 0 Å². The van der Waals surface area contributed by atoms with E-state index in [1.54, 1.807) is 0 Å². The number of rotatable bonds is 13. The van der Waals surface area contributed by atoms with Crippen molar-refractivity contribution in [1.29, 1.82) is 0 Å². The number of aliphatic carboxylic acids is 1. The fourth-order valence-electron chi connectivity index (χ4n) is 2.32. The zero-order valence-electron chi connectivity index (χ0n) is 12.3. The zero-order chi connectivity index (χ0) is 14.6. The summed E-state index contributed by atoms with van der Waals surface area (Å²) in [7, 11) is 0. The lowest BCUT2D eigenvalue weighted by atomic mass is 9.91. The van der Waals surface area contributed by atoms with Gasteiger partial charge < -0.3 is 21.9 Å². The van der Waals surface area contributed by atoms with E-state index in [9.17, 15) is 9.90 Å². The first kappa shape index (κ1) is 18.4. The Morgan fingerprint density at radius 3 is 2.05 bits per heavy atom. The van der Waals surface area contributed by atoms with Gasteiger partial charge in [-0.3, -0.25) is 4.79 Å². The van der Waals surface area contributed by atoms with Crippen LogP contribution >= 0.6 is 0 Å². The maximum absolute atomic E-state index is 11.4. The second-order valence-electron chi connectivity index (χ2n) is 5.16. The van der Waals surface area contributed by atoms with E-state index < -0.39 is 11.5 Å². The van der Waals surface area contributed by atoms with Gasteiger partial charge >= 0.3 is 5.97 Å². The molecule has 19 heavy (non-hydrogen) atoms. The van der Waals surface area contributed by atoms with Gasteiger partial charge in [0, 0.05) is 0 Å². The standard InChI is InChI=1S/C14H31N3O2/c1-2-3-4-5-6-7-12-17-14(8-10-15,9-11-16)13(18)19/h17H,2-12,15-16H2,1H3,(H,18,19). The molecule has 0 bridgehead atoms. The molecule has 0 aromatic heterocycles. The molecule has 0 aromatic carbocycles. The number of hydrogen-bond donors (Lipinski definition) is 4. The van der Waals surface area contributed by atoms with E-state index in [0.717, 1.165) is 19.4 Å². The highest BCUT2D eigenvalue weighted by atomic mass is 16.4. The highest BCUT2D eigenvalue weighted by molar-refractivity contribution is 5.78. The monoisotopic (exact) mass is 273 g/mol. The van der Waals surface area contributed by atoms with E-state index in [1.807, 2.05) is 0 Å². The minimum atomic E-state index is -0.938. The second-order valence-corrected chi connectivity index (χ2v) is 5.16. The Balaban J connectivity index is 4.01. The second kappa shape index (κ2) is 11.2. The Morgan fingerprint density at radius 2 is 1.58 bits per heavy atom. The van der Waals surface area contributed by atoms with Crippen LogP contribution in [0.5, 0.6) is 0 Å². The third-order valence-electron chi connectivity index (χ3n) is 3.55. The fourth-order valence-corrected chi connectivity index (χ4v) is 2.32. The van der Waals surface area contributed by atoms with Crippen LogP contribution in [-0.2, 0) is 4.79 Å². The Morgan fingerprint density at radius 1 is 1.05 bits per heavy atom. The topological polar surface area (TPSA) is 101 Å². The zero-order valence-corrected chi connectivity index (χ0v) is 12.3. The molecule has 0 atom stereocenters. The molecule has 114 valence electrons. The molecule has 0 aliphatic carbocycles. The van der Waals surface area contributed by atoms with Gasteiger partial charge in [0.1, 0.15) is 5.54 Å². The molecule has 0 radical (unpaired) electrons. The molecule has 0 aliphatic rings. The summed E-state index contributed by atoms with van der Waals surface area (Å²) >= 11 is 0. The highest BCUT2D eigenvalue weighted by Gasteiger charge is 2.36. The summed E-state index contributed by atoms with van der Waals surface area (Å²) in [4.78, 5) is 11.4. The number of unbranched alkanes of at least 4 members (excludes halogenated alkanes) is 5. The van der Waals surface area contributed by atoms with Crippen LogP contribution in [0.2, 0.25) is 0 Å². The maximum Gasteiger partial charge on any atom is 0.323 e. The molecule has 0 unspecified atom stereocenters. The molecule has 0 rings (SSSR count). The van der Waals surface area contributed by atoms with Gasteiger partial charge in [0.2, 0.25) is 0 Å². The van der Waals surface area contributed by atoms with Crippen LogP contribution < -0.4 is 16.8 Å². The van der Waals surface area contributed by atoms with Gasteiger partial charge in [-0.05, 0) is 38.9 Å². The lowest BCUT2D eigenvalue weighted by molar-refractivity contribution is -0.145. The number of carbonyl (C=O) groups is 1. The molecule has 0 aromatic rings. The molecular weight excluding hydrogens is 242 g/mol. The van der Waals surface area contributed by atoms with E-state index in [-0.39, 0.29) is 0 Å². The smallest absolute Gasteiger partial charge is 0.323 e. The molecule has 0 saturated heterocycles. The molecular formula is C14H31N3O2. The van der Waals surface area contributed by atoms with Crippen LogP contribution in [0, 0.1) is 0 Å². The summed E-state index contributed by atoms with van der Waals surface area (Å²) in [6.07, 6.45) is 8.03. The van der Waals surface area contributed by atoms with Gasteiger partial charge in [-0.25, -0.2) is 0 Å². The van der Waals surface area contributed by atoms with Gasteiger partial charge in [-0.1, -0.05) is 39.0 Å². The molecule has 0 fully saturated rings. The van der Waals surface area contributed by atoms with E-state index in [2.05, 4.69) is 12.2 Å². The van der Waals surface area contributed by atoms with Crippen molar-refractivity contribution in [3.8, 4) is 0 Å². The first-order valence-electron chi connectivity index (χ1n) is 7.51. The fraction of sp³-hybridized carbons (Fsp3) is 0.929. The quantitative estimate of drug-likeness (QED) is 0.381. The summed E-state index contributed by atoms with van der Waals surface area (Å²) in [5.41, 5.74) is 10.1. The van der Waals surface area contributed by atoms with Crippen molar-refractivity contribution in [1.82, 2.24) is 5.32 Å². The first-order valence-corrected chi connectivity index (χ1v) is 7.51. The predicted molar refractivity (Wildman–Crippen MR) is 79.1 cm³/mol. The lowest BCUT2D eigenvalue weighted by Crippen LogP contribution is -2.54. The summed E-state index contributed by atoms with van der Waals surface area (Å²) in [5, 5.41) is 12.6. The summed E-state index contributed by atoms with van der Waals surface area (Å²) in [6.45, 7) is 3.63. The Kier molecular flexibility index (Phi) is 10.8. The van der Waals surface area contributed by atoms with Crippen LogP contribution in [0.3, 0.4) is 0 Å². The Bertz CT molecular complexity index is 229. The van der Waals surface area contributed by atoms with Crippen LogP contribution in [-0.4, -0.2) is 36.2 Å². The van der Waals surface area contributed by atoms with Gasteiger partial charge in [0.15, 0.2) is 0 Å². The third-order valence-corrected chi connectivity index (χ3v) is 3.55. The Labute approximate surface area is 117 Å². The molecule has 5 heteroatoms. The van der Waals surface area contributed by atoms with Crippen molar-refractivity contribution in [3.63, 3.8) is 0 Å². The minimum absolute atomic E-state index is 0.357. The maximum atomic E-state index is 11.4. The minimum Gasteiger partial charge on any atom is -0.480 e. The van der Waals surface area contributed by atoms with E-state index in [0.29, 0.717) is 25.9 Å². The number of nitrogens with two attached hydrogens (primary N) is 2. The van der Waals surface area contributed by atoms with Crippen molar-refractivity contribution in [3.05, 3.63) is 0 Å². The molecule has 0 aliphatic heterocycles. The normalized spacial score (nSPS) is 11.7. The Hall–Kier alpha value is -0.650. The molecule has 0 heterocycles. The van der Waals surface area contributed by atoms with Gasteiger partial charge in [-0.15, -0.1) is 0 Å². The van der Waals surface area contributed by atoms with Crippen LogP contribution in [0.4, 0.5) is 0 Å². The van der Waals surface area contributed by atoms with Crippen LogP contribution in [0.15, 0.2) is 0 Å². The van der Waals surface area contributed by atoms with E-state index >= 15 is 0 Å². The summed E-state index contributed by atoms with van der Waals surface area (Å²) in [5.74, 6) is -0.839. The number of carboxylic acid groups (broad SMARTS) is 1. The van der Waals surface area contributed by atoms with Gasteiger partial charge in [-0.2, -0.15) is 0 Å². The van der Waals surface area contributed by atoms with Gasteiger partial charge in [0.25, 0.3) is 0 Å². The molecule has 6 N–H and O–H groups in total. The van der Waals surface area contributed by atoms with E-state index in [1.165, 1.54) is 25.7 Å². The van der Waals surface area contributed by atoms with Crippen molar-refractivity contribution in [2.24, 2.45) is 11.5 Å². The average molecular weight is 273 g/mol. The number of nitrogens with one attached hydrogen (secondary N) is 1. The van der Waals surface area contributed by atoms with Crippen molar-refractivity contribution in [2.45, 2.75) is 63.8 Å². The van der Waals surface area contributed by atoms with Crippen molar-refractivity contribution >= 4 is 5.97 Å². The highest BCUT2D eigenvalue weighted by Crippen LogP contribution is 2.15. The average Bonchev–Trinajstić information content (AvgIpc) is 2.37. The summed E-state index contributed by atoms with van der Waals surface area (Å²) < 4.78 is 0. The summed E-state index contributed by atoms with van der Waals surface area (Å²) in [6, 6.07) is 0. The molecule has 5 nitrogen and oxygen atoms in total. The van der Waals surface area contributed by atoms with Crippen molar-refractivity contribution < 1.29 is 9.90 Å². The number of hydrogen-bond acceptors (Lipinski definition) is 4. The largest absolute Gasteiger partial charge is 0.480 e. The third kappa shape index (κ3) is 7.50. The predicted octanol–water partition coefficient (Wildman–Crippen LogP) is 1.46. The first-order chi connectivity index (χ1) is 9.13. The molecule has 0 amide bonds. The number of carboxylic acids is 1. The SMILES string of the molecule is CCCCCCCCNC(CCN)(CCN)C(=O)O. The van der Waals surface area contributed by atoms with Crippen LogP contribution in [0.25, 0.3) is 0 Å². The van der Waals surface area contributed by atoms with E-state index in [4.69, 9.17) is 11.5 Å². The molecule has 0 spiro atoms. The van der Waals surface area contributed by atoms with Crippen LogP contribution in [0.1, 0.15) is 58.3 Å².